The lowest BCUT2D eigenvalue weighted by atomic mass is 9.91. The van der Waals surface area contributed by atoms with Gasteiger partial charge >= 0.3 is 5.97 Å². The van der Waals surface area contributed by atoms with Crippen LogP contribution in [0.4, 0.5) is 8.78 Å². The molecular weight excluding hydrogens is 314 g/mol. The standard InChI is InChI=1S/C18H16F2N2O2/c1-9-3-11(8-21)4-10(2)17(9)12-5-13(15(22)7-16(23)24)18(20)14(19)6-12/h3-6,15H,7,22H2,1-2H3,(H,23,24)/t15-/m0/s1. The first-order valence-corrected chi connectivity index (χ1v) is 7.22. The summed E-state index contributed by atoms with van der Waals surface area (Å²) in [6.07, 6.45) is -0.509. The molecule has 0 saturated carbocycles. The van der Waals surface area contributed by atoms with E-state index in [9.17, 15) is 13.6 Å². The topological polar surface area (TPSA) is 87.1 Å². The van der Waals surface area contributed by atoms with E-state index in [4.69, 9.17) is 16.1 Å². The van der Waals surface area contributed by atoms with E-state index in [2.05, 4.69) is 0 Å². The summed E-state index contributed by atoms with van der Waals surface area (Å²) in [5.74, 6) is -3.43. The van der Waals surface area contributed by atoms with E-state index in [1.54, 1.807) is 26.0 Å². The van der Waals surface area contributed by atoms with E-state index in [0.29, 0.717) is 16.7 Å². The van der Waals surface area contributed by atoms with Gasteiger partial charge in [-0.3, -0.25) is 4.79 Å². The maximum atomic E-state index is 14.0. The highest BCUT2D eigenvalue weighted by Crippen LogP contribution is 2.32. The number of halogens is 2. The molecule has 0 spiro atoms. The third kappa shape index (κ3) is 3.42. The van der Waals surface area contributed by atoms with Crippen molar-refractivity contribution in [2.45, 2.75) is 26.3 Å². The normalized spacial score (nSPS) is 11.8. The van der Waals surface area contributed by atoms with Gasteiger partial charge in [0, 0.05) is 11.6 Å². The molecule has 0 radical (unpaired) electrons. The van der Waals surface area contributed by atoms with Gasteiger partial charge in [-0.1, -0.05) is 0 Å². The summed E-state index contributed by atoms with van der Waals surface area (Å²) in [5.41, 5.74) is 8.51. The molecule has 0 amide bonds. The van der Waals surface area contributed by atoms with Crippen LogP contribution in [0, 0.1) is 36.8 Å². The third-order valence-electron chi connectivity index (χ3n) is 3.80. The monoisotopic (exact) mass is 330 g/mol. The van der Waals surface area contributed by atoms with Crippen LogP contribution in [-0.2, 0) is 4.79 Å². The predicted molar refractivity (Wildman–Crippen MR) is 85.2 cm³/mol. The summed E-state index contributed by atoms with van der Waals surface area (Å²) in [6, 6.07) is 6.61. The Bertz CT molecular complexity index is 834. The number of carbonyl (C=O) groups is 1. The fourth-order valence-electron chi connectivity index (χ4n) is 2.81. The van der Waals surface area contributed by atoms with Crippen LogP contribution < -0.4 is 5.73 Å². The SMILES string of the molecule is Cc1cc(C#N)cc(C)c1-c1cc(F)c(F)c([C@@H](N)CC(=O)O)c1. The highest BCUT2D eigenvalue weighted by molar-refractivity contribution is 5.73. The van der Waals surface area contributed by atoms with Gasteiger partial charge in [0.05, 0.1) is 18.1 Å². The van der Waals surface area contributed by atoms with Gasteiger partial charge in [0.2, 0.25) is 0 Å². The number of aliphatic carboxylic acids is 1. The van der Waals surface area contributed by atoms with Crippen LogP contribution in [0.1, 0.15) is 34.7 Å². The molecule has 1 atom stereocenters. The molecule has 2 aromatic rings. The van der Waals surface area contributed by atoms with Crippen LogP contribution in [0.3, 0.4) is 0 Å². The Hall–Kier alpha value is -2.78. The lowest BCUT2D eigenvalue weighted by Gasteiger charge is -2.16. The third-order valence-corrected chi connectivity index (χ3v) is 3.80. The fraction of sp³-hybridized carbons (Fsp3) is 0.222. The van der Waals surface area contributed by atoms with Crippen LogP contribution >= 0.6 is 0 Å². The van der Waals surface area contributed by atoms with Crippen LogP contribution in [0.5, 0.6) is 0 Å². The lowest BCUT2D eigenvalue weighted by Crippen LogP contribution is -2.17. The fourth-order valence-corrected chi connectivity index (χ4v) is 2.81. The highest BCUT2D eigenvalue weighted by atomic mass is 19.2. The summed E-state index contributed by atoms with van der Waals surface area (Å²) in [4.78, 5) is 10.8. The summed E-state index contributed by atoms with van der Waals surface area (Å²) < 4.78 is 28.0. The minimum Gasteiger partial charge on any atom is -0.481 e. The van der Waals surface area contributed by atoms with Crippen molar-refractivity contribution in [1.29, 1.82) is 5.26 Å². The minimum absolute atomic E-state index is 0.185. The molecule has 0 aliphatic rings. The highest BCUT2D eigenvalue weighted by Gasteiger charge is 2.20. The first-order valence-electron chi connectivity index (χ1n) is 7.22. The number of benzene rings is 2. The predicted octanol–water partition coefficient (Wildman–Crippen LogP) is 3.59. The van der Waals surface area contributed by atoms with Crippen LogP contribution in [0.15, 0.2) is 24.3 Å². The number of nitriles is 1. The molecule has 0 bridgehead atoms. The van der Waals surface area contributed by atoms with Gasteiger partial charge in [0.25, 0.3) is 0 Å². The average Bonchev–Trinajstić information content (AvgIpc) is 2.48. The Labute approximate surface area is 138 Å². The van der Waals surface area contributed by atoms with E-state index in [0.717, 1.165) is 17.2 Å². The Balaban J connectivity index is 2.63. The Morgan fingerprint density at radius 2 is 1.83 bits per heavy atom. The molecular formula is C18H16F2N2O2. The molecule has 0 aromatic heterocycles. The second kappa shape index (κ2) is 6.77. The average molecular weight is 330 g/mol. The zero-order chi connectivity index (χ0) is 18.0. The molecule has 124 valence electrons. The van der Waals surface area contributed by atoms with E-state index in [1.807, 2.05) is 6.07 Å². The molecule has 0 heterocycles. The zero-order valence-electron chi connectivity index (χ0n) is 13.2. The van der Waals surface area contributed by atoms with Crippen molar-refractivity contribution in [2.75, 3.05) is 0 Å². The van der Waals surface area contributed by atoms with Crippen molar-refractivity contribution in [1.82, 2.24) is 0 Å². The first-order chi connectivity index (χ1) is 11.2. The number of carboxylic acid groups (broad SMARTS) is 1. The second-order valence-electron chi connectivity index (χ2n) is 5.66. The Kier molecular flexibility index (Phi) is 4.96. The van der Waals surface area contributed by atoms with Crippen molar-refractivity contribution in [2.24, 2.45) is 5.73 Å². The molecule has 6 heteroatoms. The molecule has 0 aliphatic heterocycles. The molecule has 0 fully saturated rings. The Morgan fingerprint density at radius 1 is 1.25 bits per heavy atom. The van der Waals surface area contributed by atoms with Crippen molar-refractivity contribution in [3.63, 3.8) is 0 Å². The Morgan fingerprint density at radius 3 is 2.33 bits per heavy atom. The number of rotatable bonds is 4. The second-order valence-corrected chi connectivity index (χ2v) is 5.66. The maximum Gasteiger partial charge on any atom is 0.305 e. The van der Waals surface area contributed by atoms with Gasteiger partial charge in [0.15, 0.2) is 11.6 Å². The van der Waals surface area contributed by atoms with E-state index in [1.165, 1.54) is 6.07 Å². The van der Waals surface area contributed by atoms with Crippen LogP contribution in [0.2, 0.25) is 0 Å². The maximum absolute atomic E-state index is 14.0. The molecule has 3 N–H and O–H groups in total. The van der Waals surface area contributed by atoms with Gasteiger partial charge in [-0.25, -0.2) is 8.78 Å². The number of hydrogen-bond acceptors (Lipinski definition) is 3. The zero-order valence-corrected chi connectivity index (χ0v) is 13.2. The summed E-state index contributed by atoms with van der Waals surface area (Å²) in [6.45, 7) is 3.53. The quantitative estimate of drug-likeness (QED) is 0.897. The smallest absolute Gasteiger partial charge is 0.305 e. The molecule has 2 aromatic carbocycles. The minimum atomic E-state index is -1.20. The summed E-state index contributed by atoms with van der Waals surface area (Å²) in [5, 5.41) is 17.8. The van der Waals surface area contributed by atoms with Crippen LogP contribution in [-0.4, -0.2) is 11.1 Å². The number of aryl methyl sites for hydroxylation is 2. The van der Waals surface area contributed by atoms with Crippen molar-refractivity contribution in [3.8, 4) is 17.2 Å². The first kappa shape index (κ1) is 17.6. The number of carboxylic acids is 1. The summed E-state index contributed by atoms with van der Waals surface area (Å²) >= 11 is 0. The molecule has 0 aliphatic carbocycles. The number of hydrogen-bond donors (Lipinski definition) is 2. The van der Waals surface area contributed by atoms with Crippen molar-refractivity contribution in [3.05, 3.63) is 58.2 Å². The van der Waals surface area contributed by atoms with E-state index >= 15 is 0 Å². The van der Waals surface area contributed by atoms with E-state index in [-0.39, 0.29) is 5.56 Å². The summed E-state index contributed by atoms with van der Waals surface area (Å²) in [7, 11) is 0. The molecule has 0 saturated heterocycles. The molecule has 0 unspecified atom stereocenters. The van der Waals surface area contributed by atoms with Crippen LogP contribution in [0.25, 0.3) is 11.1 Å². The lowest BCUT2D eigenvalue weighted by molar-refractivity contribution is -0.137. The van der Waals surface area contributed by atoms with Gasteiger partial charge in [-0.2, -0.15) is 5.26 Å². The van der Waals surface area contributed by atoms with Crippen molar-refractivity contribution >= 4 is 5.97 Å². The molecule has 24 heavy (non-hydrogen) atoms. The number of nitrogens with zero attached hydrogens (tertiary/aromatic N) is 1. The van der Waals surface area contributed by atoms with Crippen molar-refractivity contribution < 1.29 is 18.7 Å². The van der Waals surface area contributed by atoms with Gasteiger partial charge < -0.3 is 10.8 Å². The van der Waals surface area contributed by atoms with Gasteiger partial charge in [-0.05, 0) is 60.4 Å². The molecule has 2 rings (SSSR count). The number of nitrogens with two attached hydrogens (primary N) is 1. The van der Waals surface area contributed by atoms with Gasteiger partial charge in [-0.15, -0.1) is 0 Å². The largest absolute Gasteiger partial charge is 0.481 e. The molecule has 4 nitrogen and oxygen atoms in total. The van der Waals surface area contributed by atoms with E-state index < -0.39 is 30.1 Å². The van der Waals surface area contributed by atoms with Gasteiger partial charge in [0.1, 0.15) is 0 Å².